The normalized spacial score (nSPS) is 25.9. The van der Waals surface area contributed by atoms with Crippen LogP contribution in [0.2, 0.25) is 5.02 Å². The van der Waals surface area contributed by atoms with Crippen molar-refractivity contribution in [1.29, 1.82) is 0 Å². The Morgan fingerprint density at radius 1 is 1.19 bits per heavy atom. The number of rotatable bonds is 1. The molecule has 164 valence electrons. The smallest absolute Gasteiger partial charge is 0.188 e. The molecule has 0 unspecified atom stereocenters. The number of morpholine rings is 1. The summed E-state index contributed by atoms with van der Waals surface area (Å²) in [6.07, 6.45) is 6.77. The molecule has 1 aromatic carbocycles. The van der Waals surface area contributed by atoms with E-state index in [1.165, 1.54) is 0 Å². The molecule has 0 radical (unpaired) electrons. The third-order valence-corrected chi connectivity index (χ3v) is 7.14. The summed E-state index contributed by atoms with van der Waals surface area (Å²) in [4.78, 5) is 15.9. The summed E-state index contributed by atoms with van der Waals surface area (Å²) >= 11 is 7.03. The van der Waals surface area contributed by atoms with Gasteiger partial charge in [0, 0.05) is 36.4 Å². The van der Waals surface area contributed by atoms with Gasteiger partial charge in [-0.3, -0.25) is 15.0 Å². The van der Waals surface area contributed by atoms with Gasteiger partial charge in [-0.05, 0) is 51.0 Å². The van der Waals surface area contributed by atoms with Crippen molar-refractivity contribution in [2.45, 2.75) is 45.4 Å². The first-order valence-corrected chi connectivity index (χ1v) is 11.3. The second-order valence-electron chi connectivity index (χ2n) is 9.10. The van der Waals surface area contributed by atoms with Crippen molar-refractivity contribution in [1.82, 2.24) is 10.1 Å². The number of ether oxygens (including phenoxy) is 1. The van der Waals surface area contributed by atoms with Crippen LogP contribution in [0.15, 0.2) is 38.9 Å². The molecule has 32 heavy (non-hydrogen) atoms. The van der Waals surface area contributed by atoms with Gasteiger partial charge >= 0.3 is 0 Å². The lowest BCUT2D eigenvalue weighted by Gasteiger charge is -2.54. The number of nitrogens with zero attached hydrogens (tertiary/aromatic N) is 5. The van der Waals surface area contributed by atoms with Crippen molar-refractivity contribution >= 4 is 40.7 Å². The second kappa shape index (κ2) is 7.12. The first-order chi connectivity index (χ1) is 15.5. The SMILES string of the molecule is Cc1ccc(-c2noc3c(Cl)c4c(cc23)CC2(C=NCN=C2)[C@H]2[C@H](C)O[C@H](C)CN42)cn1. The highest BCUT2D eigenvalue weighted by atomic mass is 35.5. The first-order valence-electron chi connectivity index (χ1n) is 10.9. The zero-order valence-corrected chi connectivity index (χ0v) is 19.0. The van der Waals surface area contributed by atoms with E-state index >= 15 is 0 Å². The molecule has 0 saturated carbocycles. The van der Waals surface area contributed by atoms with E-state index in [1.807, 2.05) is 25.3 Å². The Kier molecular flexibility index (Phi) is 4.42. The molecule has 8 heteroatoms. The molecule has 6 rings (SSSR count). The minimum Gasteiger partial charge on any atom is -0.372 e. The number of benzene rings is 1. The molecule has 0 amide bonds. The number of hydrogen-bond acceptors (Lipinski definition) is 7. The number of pyridine rings is 1. The quantitative estimate of drug-likeness (QED) is 0.547. The average Bonchev–Trinajstić information content (AvgIpc) is 3.18. The third kappa shape index (κ3) is 2.84. The number of aromatic nitrogens is 2. The van der Waals surface area contributed by atoms with Gasteiger partial charge in [-0.2, -0.15) is 0 Å². The number of fused-ring (bicyclic) bond motifs is 5. The lowest BCUT2D eigenvalue weighted by molar-refractivity contribution is -0.0429. The highest BCUT2D eigenvalue weighted by Gasteiger charge is 2.51. The van der Waals surface area contributed by atoms with E-state index in [2.05, 4.69) is 57.4 Å². The minimum atomic E-state index is -0.343. The molecule has 3 aliphatic heterocycles. The maximum Gasteiger partial charge on any atom is 0.188 e. The molecule has 0 bridgehead atoms. The Labute approximate surface area is 191 Å². The largest absolute Gasteiger partial charge is 0.372 e. The van der Waals surface area contributed by atoms with Crippen LogP contribution in [-0.2, 0) is 11.2 Å². The monoisotopic (exact) mass is 449 g/mol. The first kappa shape index (κ1) is 19.9. The number of aliphatic imine (C=N–C) groups is 2. The van der Waals surface area contributed by atoms with Gasteiger partial charge in [-0.1, -0.05) is 16.8 Å². The summed E-state index contributed by atoms with van der Waals surface area (Å²) in [6.45, 7) is 7.40. The zero-order chi connectivity index (χ0) is 22.0. The Bertz CT molecular complexity index is 1250. The fourth-order valence-corrected chi connectivity index (χ4v) is 5.97. The topological polar surface area (TPSA) is 76.1 Å². The van der Waals surface area contributed by atoms with Crippen molar-refractivity contribution in [2.75, 3.05) is 18.1 Å². The van der Waals surface area contributed by atoms with Gasteiger partial charge in [0.1, 0.15) is 17.4 Å². The van der Waals surface area contributed by atoms with Gasteiger partial charge in [-0.15, -0.1) is 0 Å². The molecule has 5 heterocycles. The van der Waals surface area contributed by atoms with Crippen LogP contribution in [0, 0.1) is 12.3 Å². The van der Waals surface area contributed by atoms with Crippen LogP contribution in [0.4, 0.5) is 5.69 Å². The Morgan fingerprint density at radius 3 is 2.75 bits per heavy atom. The van der Waals surface area contributed by atoms with E-state index < -0.39 is 0 Å². The molecule has 0 N–H and O–H groups in total. The molecule has 3 aromatic rings. The summed E-state index contributed by atoms with van der Waals surface area (Å²) in [5.74, 6) is 0. The highest BCUT2D eigenvalue weighted by Crippen LogP contribution is 2.50. The summed E-state index contributed by atoms with van der Waals surface area (Å²) in [5, 5.41) is 5.86. The molecular weight excluding hydrogens is 426 g/mol. The van der Waals surface area contributed by atoms with Crippen molar-refractivity contribution in [3.63, 3.8) is 0 Å². The predicted molar refractivity (Wildman–Crippen MR) is 126 cm³/mol. The van der Waals surface area contributed by atoms with Crippen LogP contribution in [0.3, 0.4) is 0 Å². The molecule has 3 aliphatic rings. The Balaban J connectivity index is 1.57. The molecule has 2 aromatic heterocycles. The van der Waals surface area contributed by atoms with Gasteiger partial charge in [0.25, 0.3) is 0 Å². The number of halogens is 1. The number of anilines is 1. The van der Waals surface area contributed by atoms with E-state index in [0.717, 1.165) is 46.6 Å². The lowest BCUT2D eigenvalue weighted by atomic mass is 9.69. The van der Waals surface area contributed by atoms with Crippen LogP contribution in [0.1, 0.15) is 25.1 Å². The van der Waals surface area contributed by atoms with Crippen molar-refractivity contribution < 1.29 is 9.26 Å². The maximum atomic E-state index is 7.03. The molecule has 1 saturated heterocycles. The van der Waals surface area contributed by atoms with Crippen LogP contribution in [-0.4, -0.2) is 54.0 Å². The number of aryl methyl sites for hydroxylation is 1. The molecule has 1 fully saturated rings. The molecule has 7 nitrogen and oxygen atoms in total. The molecule has 3 atom stereocenters. The Hall–Kier alpha value is -2.77. The second-order valence-corrected chi connectivity index (χ2v) is 9.48. The van der Waals surface area contributed by atoms with Crippen molar-refractivity contribution in [3.8, 4) is 11.3 Å². The van der Waals surface area contributed by atoms with Gasteiger partial charge in [0.2, 0.25) is 0 Å². The number of hydrogen-bond donors (Lipinski definition) is 0. The standard InChI is InChI=1S/C24H24ClN5O2/c1-13-4-5-16(8-28-13)20-18-6-17-7-24(10-26-12-27-11-24)23-15(3)31-14(2)9-30(23)21(17)19(25)22(18)32-29-20/h4-6,8,10-11,14-15,23H,7,9,12H2,1-3H3/t14-,15+,23-/m1/s1. The lowest BCUT2D eigenvalue weighted by Crippen LogP contribution is -2.65. The van der Waals surface area contributed by atoms with E-state index in [4.69, 9.17) is 20.9 Å². The summed E-state index contributed by atoms with van der Waals surface area (Å²) in [7, 11) is 0. The maximum absolute atomic E-state index is 7.03. The van der Waals surface area contributed by atoms with Crippen LogP contribution in [0.25, 0.3) is 22.2 Å². The van der Waals surface area contributed by atoms with Gasteiger partial charge in [0.15, 0.2) is 5.58 Å². The van der Waals surface area contributed by atoms with Gasteiger partial charge in [-0.25, -0.2) is 0 Å². The van der Waals surface area contributed by atoms with Gasteiger partial charge < -0.3 is 14.2 Å². The molecule has 0 aliphatic carbocycles. The van der Waals surface area contributed by atoms with E-state index in [9.17, 15) is 0 Å². The minimum absolute atomic E-state index is 0.00131. The van der Waals surface area contributed by atoms with Crippen LogP contribution < -0.4 is 4.90 Å². The average molecular weight is 450 g/mol. The van der Waals surface area contributed by atoms with Crippen LogP contribution >= 0.6 is 11.6 Å². The summed E-state index contributed by atoms with van der Waals surface area (Å²) in [6, 6.07) is 6.20. The fourth-order valence-electron chi connectivity index (χ4n) is 5.61. The van der Waals surface area contributed by atoms with Crippen molar-refractivity contribution in [2.24, 2.45) is 15.4 Å². The Morgan fingerprint density at radius 2 is 2.00 bits per heavy atom. The van der Waals surface area contributed by atoms with Crippen LogP contribution in [0.5, 0.6) is 0 Å². The third-order valence-electron chi connectivity index (χ3n) is 6.79. The highest BCUT2D eigenvalue weighted by molar-refractivity contribution is 6.38. The van der Waals surface area contributed by atoms with E-state index in [-0.39, 0.29) is 23.7 Å². The summed E-state index contributed by atoms with van der Waals surface area (Å²) in [5.41, 5.74) is 5.03. The van der Waals surface area contributed by atoms with E-state index in [0.29, 0.717) is 17.3 Å². The molecule has 1 spiro atoms. The zero-order valence-electron chi connectivity index (χ0n) is 18.2. The van der Waals surface area contributed by atoms with Gasteiger partial charge in [0.05, 0.1) is 34.7 Å². The van der Waals surface area contributed by atoms with Crippen molar-refractivity contribution in [3.05, 3.63) is 40.7 Å². The van der Waals surface area contributed by atoms with E-state index in [1.54, 1.807) is 0 Å². The predicted octanol–water partition coefficient (Wildman–Crippen LogP) is 4.49. The fraction of sp³-hybridized carbons (Fsp3) is 0.417. The molecular formula is C24H24ClN5O2. The summed E-state index contributed by atoms with van der Waals surface area (Å²) < 4.78 is 12.0.